The maximum absolute atomic E-state index is 12.2. The summed E-state index contributed by atoms with van der Waals surface area (Å²) in [5, 5.41) is 9.96. The predicted octanol–water partition coefficient (Wildman–Crippen LogP) is 3.06. The zero-order valence-corrected chi connectivity index (χ0v) is 15.0. The molecule has 0 unspecified atom stereocenters. The number of hydrogen-bond acceptors (Lipinski definition) is 5. The number of aromatic hydroxyl groups is 1. The van der Waals surface area contributed by atoms with Crippen LogP contribution in [0.15, 0.2) is 46.3 Å². The van der Waals surface area contributed by atoms with Gasteiger partial charge in [-0.15, -0.1) is 0 Å². The number of phenolic OH excluding ortho intramolecular Hbond substituents is 1. The minimum Gasteiger partial charge on any atom is -0.507 e. The Bertz CT molecular complexity index is 880. The van der Waals surface area contributed by atoms with E-state index in [1.807, 2.05) is 0 Å². The van der Waals surface area contributed by atoms with Crippen molar-refractivity contribution >= 4 is 33.5 Å². The van der Waals surface area contributed by atoms with Crippen molar-refractivity contribution in [2.45, 2.75) is 4.90 Å². The van der Waals surface area contributed by atoms with Gasteiger partial charge >= 0.3 is 0 Å². The summed E-state index contributed by atoms with van der Waals surface area (Å²) in [6.07, 6.45) is 1.42. The summed E-state index contributed by atoms with van der Waals surface area (Å²) in [6.45, 7) is 0. The predicted molar refractivity (Wildman–Crippen MR) is 94.2 cm³/mol. The lowest BCUT2D eigenvalue weighted by Crippen LogP contribution is -2.22. The van der Waals surface area contributed by atoms with E-state index in [1.165, 1.54) is 45.6 Å². The van der Waals surface area contributed by atoms with Gasteiger partial charge in [0.1, 0.15) is 16.4 Å². The molecule has 0 amide bonds. The quantitative estimate of drug-likeness (QED) is 0.822. The maximum Gasteiger partial charge on any atom is 0.244 e. The van der Waals surface area contributed by atoms with E-state index in [-0.39, 0.29) is 15.7 Å². The van der Waals surface area contributed by atoms with Crippen LogP contribution in [0.1, 0.15) is 5.56 Å². The number of benzene rings is 2. The lowest BCUT2D eigenvalue weighted by atomic mass is 10.2. The fraction of sp³-hybridized carbons (Fsp3) is 0.188. The Labute approximate surface area is 146 Å². The first-order valence-corrected chi connectivity index (χ1v) is 8.70. The first-order valence-electron chi connectivity index (χ1n) is 6.89. The van der Waals surface area contributed by atoms with E-state index in [4.69, 9.17) is 16.3 Å². The molecule has 2 rings (SSSR count). The minimum atomic E-state index is -3.67. The summed E-state index contributed by atoms with van der Waals surface area (Å²) in [7, 11) is 0.698. The highest BCUT2D eigenvalue weighted by Gasteiger charge is 2.21. The highest BCUT2D eigenvalue weighted by molar-refractivity contribution is 7.89. The van der Waals surface area contributed by atoms with Crippen molar-refractivity contribution in [2.24, 2.45) is 4.99 Å². The second kappa shape index (κ2) is 7.21. The van der Waals surface area contributed by atoms with Crippen molar-refractivity contribution < 1.29 is 18.3 Å². The Hall–Kier alpha value is -2.09. The number of ether oxygens (including phenoxy) is 1. The molecule has 24 heavy (non-hydrogen) atoms. The lowest BCUT2D eigenvalue weighted by Gasteiger charge is -2.13. The van der Waals surface area contributed by atoms with Crippen molar-refractivity contribution in [1.29, 1.82) is 0 Å². The van der Waals surface area contributed by atoms with E-state index >= 15 is 0 Å². The monoisotopic (exact) mass is 368 g/mol. The van der Waals surface area contributed by atoms with E-state index < -0.39 is 10.0 Å². The molecule has 0 bridgehead atoms. The van der Waals surface area contributed by atoms with Crippen molar-refractivity contribution in [3.05, 3.63) is 47.0 Å². The van der Waals surface area contributed by atoms with Crippen LogP contribution in [0.25, 0.3) is 0 Å². The van der Waals surface area contributed by atoms with Crippen LogP contribution >= 0.6 is 11.6 Å². The summed E-state index contributed by atoms with van der Waals surface area (Å²) in [6, 6.07) is 9.17. The molecule has 2 aromatic rings. The largest absolute Gasteiger partial charge is 0.507 e. The molecule has 2 aromatic carbocycles. The zero-order valence-electron chi connectivity index (χ0n) is 13.4. The smallest absolute Gasteiger partial charge is 0.244 e. The summed E-state index contributed by atoms with van der Waals surface area (Å²) in [5.41, 5.74) is 0.836. The van der Waals surface area contributed by atoms with Crippen LogP contribution in [0.4, 0.5) is 5.69 Å². The first-order chi connectivity index (χ1) is 11.3. The number of halogens is 1. The molecule has 1 N–H and O–H groups in total. The van der Waals surface area contributed by atoms with E-state index in [9.17, 15) is 13.5 Å². The molecule has 0 heterocycles. The molecule has 8 heteroatoms. The topological polar surface area (TPSA) is 79.2 Å². The fourth-order valence-electron chi connectivity index (χ4n) is 1.87. The standard InChI is InChI=1S/C16H17ClN2O4S/c1-19(2)24(21,22)16-9-12(4-6-14(16)17)18-10-11-8-13(23-3)5-7-15(11)20/h4-10,20H,1-3H3. The third-order valence-electron chi connectivity index (χ3n) is 3.26. The van der Waals surface area contributed by atoms with Crippen molar-refractivity contribution in [3.8, 4) is 11.5 Å². The second-order valence-corrected chi connectivity index (χ2v) is 7.61. The number of aliphatic imine (C=N–C) groups is 1. The van der Waals surface area contributed by atoms with Crippen molar-refractivity contribution in [3.63, 3.8) is 0 Å². The number of phenols is 1. The Balaban J connectivity index is 2.41. The molecule has 0 atom stereocenters. The molecule has 0 saturated carbocycles. The molecular weight excluding hydrogens is 352 g/mol. The highest BCUT2D eigenvalue weighted by atomic mass is 35.5. The normalized spacial score (nSPS) is 12.0. The van der Waals surface area contributed by atoms with Crippen LogP contribution in [0.2, 0.25) is 5.02 Å². The van der Waals surface area contributed by atoms with Gasteiger partial charge < -0.3 is 9.84 Å². The van der Waals surface area contributed by atoms with Crippen LogP contribution in [-0.4, -0.2) is 45.2 Å². The number of hydrogen-bond donors (Lipinski definition) is 1. The van der Waals surface area contributed by atoms with E-state index in [1.54, 1.807) is 18.2 Å². The number of rotatable bonds is 5. The van der Waals surface area contributed by atoms with Crippen LogP contribution in [-0.2, 0) is 10.0 Å². The van der Waals surface area contributed by atoms with E-state index in [2.05, 4.69) is 4.99 Å². The fourth-order valence-corrected chi connectivity index (χ4v) is 3.26. The number of sulfonamides is 1. The molecule has 0 aliphatic heterocycles. The molecule has 0 aliphatic carbocycles. The number of nitrogens with zero attached hydrogens (tertiary/aromatic N) is 2. The van der Waals surface area contributed by atoms with Gasteiger partial charge in [0.2, 0.25) is 10.0 Å². The van der Waals surface area contributed by atoms with Gasteiger partial charge in [-0.3, -0.25) is 4.99 Å². The van der Waals surface area contributed by atoms with Crippen molar-refractivity contribution in [1.82, 2.24) is 4.31 Å². The average molecular weight is 369 g/mol. The van der Waals surface area contributed by atoms with Gasteiger partial charge in [0, 0.05) is 25.9 Å². The Morgan fingerprint density at radius 1 is 1.21 bits per heavy atom. The van der Waals surface area contributed by atoms with E-state index in [0.29, 0.717) is 17.0 Å². The van der Waals surface area contributed by atoms with Gasteiger partial charge in [0.05, 0.1) is 17.8 Å². The van der Waals surface area contributed by atoms with Crippen LogP contribution in [0, 0.1) is 0 Å². The first kappa shape index (κ1) is 18.3. The van der Waals surface area contributed by atoms with Crippen LogP contribution < -0.4 is 4.74 Å². The minimum absolute atomic E-state index is 0.0290. The summed E-state index contributed by atoms with van der Waals surface area (Å²) in [5.74, 6) is 0.607. The van der Waals surface area contributed by atoms with Gasteiger partial charge in [0.15, 0.2) is 0 Å². The van der Waals surface area contributed by atoms with Gasteiger partial charge in [-0.05, 0) is 36.4 Å². The third-order valence-corrected chi connectivity index (χ3v) is 5.56. The Kier molecular flexibility index (Phi) is 5.48. The zero-order chi connectivity index (χ0) is 17.9. The van der Waals surface area contributed by atoms with Gasteiger partial charge in [-0.1, -0.05) is 11.6 Å². The van der Waals surface area contributed by atoms with Gasteiger partial charge in [0.25, 0.3) is 0 Å². The molecular formula is C16H17ClN2O4S. The third kappa shape index (κ3) is 3.87. The summed E-state index contributed by atoms with van der Waals surface area (Å²) < 4.78 is 30.7. The number of methoxy groups -OCH3 is 1. The highest BCUT2D eigenvalue weighted by Crippen LogP contribution is 2.28. The molecule has 128 valence electrons. The molecule has 0 aromatic heterocycles. The molecule has 0 radical (unpaired) electrons. The molecule has 0 fully saturated rings. The molecule has 0 aliphatic rings. The van der Waals surface area contributed by atoms with Gasteiger partial charge in [-0.2, -0.15) is 0 Å². The van der Waals surface area contributed by atoms with Crippen LogP contribution in [0.3, 0.4) is 0 Å². The van der Waals surface area contributed by atoms with E-state index in [0.717, 1.165) is 4.31 Å². The summed E-state index contributed by atoms with van der Waals surface area (Å²) >= 11 is 5.99. The van der Waals surface area contributed by atoms with Gasteiger partial charge in [-0.25, -0.2) is 12.7 Å². The summed E-state index contributed by atoms with van der Waals surface area (Å²) in [4.78, 5) is 4.18. The maximum atomic E-state index is 12.2. The second-order valence-electron chi connectivity index (χ2n) is 5.09. The Morgan fingerprint density at radius 3 is 2.54 bits per heavy atom. The lowest BCUT2D eigenvalue weighted by molar-refractivity contribution is 0.412. The molecule has 0 saturated heterocycles. The Morgan fingerprint density at radius 2 is 1.92 bits per heavy atom. The van der Waals surface area contributed by atoms with Crippen LogP contribution in [0.5, 0.6) is 11.5 Å². The molecule has 0 spiro atoms. The average Bonchev–Trinajstić information content (AvgIpc) is 2.55. The SMILES string of the molecule is COc1ccc(O)c(C=Nc2ccc(Cl)c(S(=O)(=O)N(C)C)c2)c1. The van der Waals surface area contributed by atoms with Crippen molar-refractivity contribution in [2.75, 3.05) is 21.2 Å². The molecule has 6 nitrogen and oxygen atoms in total.